The molecule has 1 aromatic carbocycles. The van der Waals surface area contributed by atoms with Crippen LogP contribution in [-0.4, -0.2) is 18.6 Å². The Hall–Kier alpha value is -1.73. The second kappa shape index (κ2) is 7.76. The Morgan fingerprint density at radius 3 is 2.75 bits per heavy atom. The van der Waals surface area contributed by atoms with Gasteiger partial charge in [-0.1, -0.05) is 25.4 Å². The molecule has 0 saturated carbocycles. The van der Waals surface area contributed by atoms with Crippen molar-refractivity contribution in [3.8, 4) is 11.8 Å². The molecule has 0 aliphatic heterocycles. The highest BCUT2D eigenvalue weighted by Crippen LogP contribution is 2.23. The summed E-state index contributed by atoms with van der Waals surface area (Å²) in [6.45, 7) is 6.45. The second-order valence-corrected chi connectivity index (χ2v) is 5.42. The summed E-state index contributed by atoms with van der Waals surface area (Å²) in [4.78, 5) is 11.9. The maximum atomic E-state index is 11.9. The van der Waals surface area contributed by atoms with Crippen LogP contribution in [0.25, 0.3) is 0 Å². The number of hydrogen-bond donors (Lipinski definition) is 1. The lowest BCUT2D eigenvalue weighted by Gasteiger charge is -2.16. The van der Waals surface area contributed by atoms with Gasteiger partial charge in [0.15, 0.2) is 6.10 Å². The summed E-state index contributed by atoms with van der Waals surface area (Å²) >= 11 is 5.87. The largest absolute Gasteiger partial charge is 0.479 e. The van der Waals surface area contributed by atoms with Crippen LogP contribution in [0.2, 0.25) is 5.02 Å². The molecule has 0 radical (unpaired) electrons. The summed E-state index contributed by atoms with van der Waals surface area (Å²) in [6.07, 6.45) is 0.242. The van der Waals surface area contributed by atoms with Crippen LogP contribution in [0.15, 0.2) is 18.2 Å². The monoisotopic (exact) mass is 294 g/mol. The average Bonchev–Trinajstić information content (AvgIpc) is 2.38. The van der Waals surface area contributed by atoms with E-state index >= 15 is 0 Å². The number of nitrogens with one attached hydrogen (secondary N) is 1. The normalized spacial score (nSPS) is 11.8. The fourth-order valence-electron chi connectivity index (χ4n) is 1.56. The maximum absolute atomic E-state index is 11.9. The first-order chi connectivity index (χ1) is 9.43. The smallest absolute Gasteiger partial charge is 0.260 e. The van der Waals surface area contributed by atoms with Crippen molar-refractivity contribution in [1.29, 1.82) is 5.26 Å². The molecule has 0 aliphatic carbocycles. The molecule has 0 saturated heterocycles. The van der Waals surface area contributed by atoms with Gasteiger partial charge in [0.25, 0.3) is 5.91 Å². The highest BCUT2D eigenvalue weighted by molar-refractivity contribution is 6.30. The molecule has 0 heterocycles. The highest BCUT2D eigenvalue weighted by Gasteiger charge is 2.16. The third-order valence-corrected chi connectivity index (χ3v) is 2.99. The molecule has 4 nitrogen and oxygen atoms in total. The van der Waals surface area contributed by atoms with E-state index in [-0.39, 0.29) is 5.91 Å². The molecule has 0 spiro atoms. The molecule has 1 amide bonds. The van der Waals surface area contributed by atoms with Crippen molar-refractivity contribution in [1.82, 2.24) is 5.32 Å². The highest BCUT2D eigenvalue weighted by atomic mass is 35.5. The van der Waals surface area contributed by atoms with Crippen LogP contribution in [0.4, 0.5) is 0 Å². The van der Waals surface area contributed by atoms with E-state index in [1.54, 1.807) is 19.1 Å². The van der Waals surface area contributed by atoms with Crippen molar-refractivity contribution < 1.29 is 9.53 Å². The van der Waals surface area contributed by atoms with E-state index in [9.17, 15) is 4.79 Å². The lowest BCUT2D eigenvalue weighted by atomic mass is 10.1. The minimum Gasteiger partial charge on any atom is -0.479 e. The van der Waals surface area contributed by atoms with Crippen molar-refractivity contribution >= 4 is 17.5 Å². The van der Waals surface area contributed by atoms with Gasteiger partial charge in [-0.05, 0) is 31.4 Å². The van der Waals surface area contributed by atoms with Gasteiger partial charge in [-0.3, -0.25) is 4.79 Å². The number of benzene rings is 1. The van der Waals surface area contributed by atoms with Crippen LogP contribution in [0.5, 0.6) is 5.75 Å². The molecular formula is C15H19ClN2O2. The van der Waals surface area contributed by atoms with Crippen LogP contribution >= 0.6 is 11.6 Å². The second-order valence-electron chi connectivity index (χ2n) is 4.99. The summed E-state index contributed by atoms with van der Waals surface area (Å²) in [5.74, 6) is 0.658. The average molecular weight is 295 g/mol. The number of hydrogen-bond acceptors (Lipinski definition) is 3. The fraction of sp³-hybridized carbons (Fsp3) is 0.467. The van der Waals surface area contributed by atoms with Gasteiger partial charge in [0.05, 0.1) is 5.56 Å². The molecule has 0 aliphatic rings. The lowest BCUT2D eigenvalue weighted by molar-refractivity contribution is -0.127. The Morgan fingerprint density at radius 1 is 1.45 bits per heavy atom. The van der Waals surface area contributed by atoms with E-state index in [2.05, 4.69) is 19.2 Å². The van der Waals surface area contributed by atoms with E-state index in [4.69, 9.17) is 21.6 Å². The standard InChI is InChI=1S/C15H19ClN2O2/c1-10(2)6-7-18-15(19)11(3)20-14-8-13(16)5-4-12(14)9-17/h4-5,8,10-11H,6-7H2,1-3H3,(H,18,19). The summed E-state index contributed by atoms with van der Waals surface area (Å²) in [7, 11) is 0. The fourth-order valence-corrected chi connectivity index (χ4v) is 1.72. The molecule has 0 fully saturated rings. The van der Waals surface area contributed by atoms with Crippen LogP contribution in [-0.2, 0) is 4.79 Å². The summed E-state index contributed by atoms with van der Waals surface area (Å²) in [6, 6.07) is 6.73. The van der Waals surface area contributed by atoms with Gasteiger partial charge in [-0.15, -0.1) is 0 Å². The number of nitrogens with zero attached hydrogens (tertiary/aromatic N) is 1. The number of carbonyl (C=O) groups is 1. The topological polar surface area (TPSA) is 62.1 Å². The van der Waals surface area contributed by atoms with Gasteiger partial charge < -0.3 is 10.1 Å². The zero-order valence-electron chi connectivity index (χ0n) is 11.9. The van der Waals surface area contributed by atoms with Crippen molar-refractivity contribution in [3.63, 3.8) is 0 Å². The molecule has 108 valence electrons. The molecule has 20 heavy (non-hydrogen) atoms. The van der Waals surface area contributed by atoms with E-state index in [0.717, 1.165) is 6.42 Å². The predicted octanol–water partition coefficient (Wildman–Crippen LogP) is 3.14. The molecule has 1 unspecified atom stereocenters. The van der Waals surface area contributed by atoms with Crippen LogP contribution < -0.4 is 10.1 Å². The molecule has 0 aromatic heterocycles. The summed E-state index contributed by atoms with van der Waals surface area (Å²) in [5, 5.41) is 12.3. The maximum Gasteiger partial charge on any atom is 0.260 e. The Kier molecular flexibility index (Phi) is 6.33. The predicted molar refractivity (Wildman–Crippen MR) is 78.7 cm³/mol. The first kappa shape index (κ1) is 16.3. The van der Waals surface area contributed by atoms with Gasteiger partial charge >= 0.3 is 0 Å². The molecule has 0 bridgehead atoms. The molecule has 1 atom stereocenters. The number of amides is 1. The first-order valence-corrected chi connectivity index (χ1v) is 6.96. The molecular weight excluding hydrogens is 276 g/mol. The zero-order chi connectivity index (χ0) is 15.1. The van der Waals surface area contributed by atoms with Gasteiger partial charge in [0, 0.05) is 17.6 Å². The number of nitriles is 1. The molecule has 1 rings (SSSR count). The summed E-state index contributed by atoms with van der Waals surface area (Å²) in [5.41, 5.74) is 0.358. The third-order valence-electron chi connectivity index (χ3n) is 2.76. The van der Waals surface area contributed by atoms with Gasteiger partial charge in [-0.25, -0.2) is 0 Å². The van der Waals surface area contributed by atoms with E-state index < -0.39 is 6.10 Å². The lowest BCUT2D eigenvalue weighted by Crippen LogP contribution is -2.37. The van der Waals surface area contributed by atoms with E-state index in [1.807, 2.05) is 6.07 Å². The van der Waals surface area contributed by atoms with Crippen molar-refractivity contribution in [3.05, 3.63) is 28.8 Å². The number of rotatable bonds is 6. The van der Waals surface area contributed by atoms with E-state index in [0.29, 0.717) is 28.8 Å². The first-order valence-electron chi connectivity index (χ1n) is 6.58. The van der Waals surface area contributed by atoms with Crippen LogP contribution in [0.1, 0.15) is 32.8 Å². The Bertz CT molecular complexity index is 509. The minimum absolute atomic E-state index is 0.200. The molecule has 5 heteroatoms. The quantitative estimate of drug-likeness (QED) is 0.876. The van der Waals surface area contributed by atoms with E-state index in [1.165, 1.54) is 6.07 Å². The van der Waals surface area contributed by atoms with Crippen molar-refractivity contribution in [2.75, 3.05) is 6.54 Å². The zero-order valence-corrected chi connectivity index (χ0v) is 12.7. The van der Waals surface area contributed by atoms with Crippen molar-refractivity contribution in [2.45, 2.75) is 33.3 Å². The SMILES string of the molecule is CC(C)CCNC(=O)C(C)Oc1cc(Cl)ccc1C#N. The van der Waals surface area contributed by atoms with Gasteiger partial charge in [0.1, 0.15) is 11.8 Å². The number of halogens is 1. The Labute approximate surface area is 124 Å². The number of ether oxygens (including phenoxy) is 1. The summed E-state index contributed by atoms with van der Waals surface area (Å²) < 4.78 is 5.52. The van der Waals surface area contributed by atoms with Crippen molar-refractivity contribution in [2.24, 2.45) is 5.92 Å². The Morgan fingerprint density at radius 2 is 2.15 bits per heavy atom. The van der Waals surface area contributed by atoms with Crippen LogP contribution in [0.3, 0.4) is 0 Å². The van der Waals surface area contributed by atoms with Gasteiger partial charge in [-0.2, -0.15) is 5.26 Å². The number of carbonyl (C=O) groups excluding carboxylic acids is 1. The molecule has 1 aromatic rings. The third kappa shape index (κ3) is 5.10. The van der Waals surface area contributed by atoms with Crippen LogP contribution in [0, 0.1) is 17.2 Å². The minimum atomic E-state index is -0.673. The van der Waals surface area contributed by atoms with Gasteiger partial charge in [0.2, 0.25) is 0 Å². The molecule has 1 N–H and O–H groups in total. The Balaban J connectivity index is 2.61.